The molecule has 1 aromatic carbocycles. The van der Waals surface area contributed by atoms with Crippen LogP contribution in [0.3, 0.4) is 0 Å². The number of para-hydroxylation sites is 2. The summed E-state index contributed by atoms with van der Waals surface area (Å²) in [7, 11) is 0. The van der Waals surface area contributed by atoms with E-state index in [2.05, 4.69) is 27.9 Å². The van der Waals surface area contributed by atoms with Crippen LogP contribution in [0.1, 0.15) is 36.3 Å². The van der Waals surface area contributed by atoms with Gasteiger partial charge >= 0.3 is 0 Å². The maximum atomic E-state index is 12.9. The second kappa shape index (κ2) is 8.65. The van der Waals surface area contributed by atoms with Gasteiger partial charge in [-0.15, -0.1) is 0 Å². The van der Waals surface area contributed by atoms with Gasteiger partial charge in [0.25, 0.3) is 5.91 Å². The second-order valence-corrected chi connectivity index (χ2v) is 6.31. The quantitative estimate of drug-likeness (QED) is 0.798. The number of nitrogens with zero attached hydrogens (tertiary/aromatic N) is 4. The topological polar surface area (TPSA) is 58.6 Å². The maximum absolute atomic E-state index is 12.9. The summed E-state index contributed by atoms with van der Waals surface area (Å²) in [4.78, 5) is 25.4. The highest BCUT2D eigenvalue weighted by molar-refractivity contribution is 5.95. The molecule has 138 valence electrons. The summed E-state index contributed by atoms with van der Waals surface area (Å²) in [6.45, 7) is 7.65. The predicted octanol–water partition coefficient (Wildman–Crippen LogP) is 2.79. The molecule has 3 rings (SSSR count). The van der Waals surface area contributed by atoms with Gasteiger partial charge in [-0.3, -0.25) is 4.79 Å². The van der Waals surface area contributed by atoms with Gasteiger partial charge in [0.05, 0.1) is 23.6 Å². The molecule has 0 atom stereocenters. The number of aryl methyl sites for hydroxylation is 1. The van der Waals surface area contributed by atoms with Crippen molar-refractivity contribution in [2.45, 2.75) is 26.7 Å². The molecule has 1 amide bonds. The molecule has 2 aromatic rings. The van der Waals surface area contributed by atoms with Crippen molar-refractivity contribution in [1.29, 1.82) is 0 Å². The van der Waals surface area contributed by atoms with E-state index >= 15 is 0 Å². The zero-order valence-electron chi connectivity index (χ0n) is 15.5. The first-order valence-electron chi connectivity index (χ1n) is 9.29. The normalized spacial score (nSPS) is 14.4. The Morgan fingerprint density at radius 2 is 1.92 bits per heavy atom. The number of ether oxygens (including phenoxy) is 1. The molecule has 0 saturated carbocycles. The highest BCUT2D eigenvalue weighted by atomic mass is 16.5. The highest BCUT2D eigenvalue weighted by Gasteiger charge is 2.25. The fourth-order valence-electron chi connectivity index (χ4n) is 3.29. The van der Waals surface area contributed by atoms with Crippen molar-refractivity contribution < 1.29 is 9.53 Å². The minimum atomic E-state index is 0.0341. The molecular weight excluding hydrogens is 328 g/mol. The van der Waals surface area contributed by atoms with Gasteiger partial charge in [-0.2, -0.15) is 0 Å². The molecule has 26 heavy (non-hydrogen) atoms. The summed E-state index contributed by atoms with van der Waals surface area (Å²) < 4.78 is 5.74. The minimum absolute atomic E-state index is 0.0341. The van der Waals surface area contributed by atoms with Gasteiger partial charge < -0.3 is 14.5 Å². The van der Waals surface area contributed by atoms with Crippen molar-refractivity contribution in [1.82, 2.24) is 14.9 Å². The van der Waals surface area contributed by atoms with Gasteiger partial charge in [-0.1, -0.05) is 25.5 Å². The SMILES string of the molecule is CCCc1ncncc1C(=O)N1CCN(c2ccccc2OCC)CC1. The number of carbonyl (C=O) groups excluding carboxylic acids is 1. The third-order valence-corrected chi connectivity index (χ3v) is 4.58. The molecule has 0 radical (unpaired) electrons. The van der Waals surface area contributed by atoms with Crippen molar-refractivity contribution in [3.63, 3.8) is 0 Å². The minimum Gasteiger partial charge on any atom is -0.492 e. The number of carbonyl (C=O) groups is 1. The van der Waals surface area contributed by atoms with E-state index in [9.17, 15) is 4.79 Å². The third-order valence-electron chi connectivity index (χ3n) is 4.58. The van der Waals surface area contributed by atoms with E-state index in [4.69, 9.17) is 4.74 Å². The standard InChI is InChI=1S/C20H26N4O2/c1-3-7-17-16(14-21-15-22-17)20(25)24-12-10-23(11-13-24)18-8-5-6-9-19(18)26-4-2/h5-6,8-9,14-15H,3-4,7,10-13H2,1-2H3. The van der Waals surface area contributed by atoms with Gasteiger partial charge in [-0.25, -0.2) is 9.97 Å². The van der Waals surface area contributed by atoms with Crippen LogP contribution in [0.5, 0.6) is 5.75 Å². The average Bonchev–Trinajstić information content (AvgIpc) is 2.69. The van der Waals surface area contributed by atoms with Crippen molar-refractivity contribution in [2.75, 3.05) is 37.7 Å². The number of aromatic nitrogens is 2. The molecule has 1 aromatic heterocycles. The van der Waals surface area contributed by atoms with Gasteiger partial charge in [-0.05, 0) is 25.5 Å². The molecule has 1 aliphatic rings. The van der Waals surface area contributed by atoms with E-state index in [1.165, 1.54) is 6.33 Å². The molecule has 1 saturated heterocycles. The Bertz CT molecular complexity index is 742. The molecule has 1 fully saturated rings. The Kier molecular flexibility index (Phi) is 6.04. The van der Waals surface area contributed by atoms with Crippen LogP contribution in [-0.2, 0) is 6.42 Å². The number of amides is 1. The van der Waals surface area contributed by atoms with Crippen LogP contribution in [0, 0.1) is 0 Å². The Hall–Kier alpha value is -2.63. The van der Waals surface area contributed by atoms with Crippen LogP contribution >= 0.6 is 0 Å². The molecule has 2 heterocycles. The number of hydrogen-bond acceptors (Lipinski definition) is 5. The van der Waals surface area contributed by atoms with Gasteiger partial charge in [0.1, 0.15) is 12.1 Å². The number of anilines is 1. The van der Waals surface area contributed by atoms with Crippen LogP contribution in [0.25, 0.3) is 0 Å². The van der Waals surface area contributed by atoms with Crippen LogP contribution < -0.4 is 9.64 Å². The Morgan fingerprint density at radius 3 is 2.65 bits per heavy atom. The zero-order valence-corrected chi connectivity index (χ0v) is 15.5. The third kappa shape index (κ3) is 3.95. The number of rotatable bonds is 6. The predicted molar refractivity (Wildman–Crippen MR) is 102 cm³/mol. The molecule has 1 aliphatic heterocycles. The maximum Gasteiger partial charge on any atom is 0.257 e. The van der Waals surface area contributed by atoms with E-state index in [-0.39, 0.29) is 5.91 Å². The van der Waals surface area contributed by atoms with E-state index in [1.807, 2.05) is 30.0 Å². The van der Waals surface area contributed by atoms with Gasteiger partial charge in [0.2, 0.25) is 0 Å². The van der Waals surface area contributed by atoms with E-state index in [0.29, 0.717) is 25.3 Å². The Labute approximate surface area is 154 Å². The van der Waals surface area contributed by atoms with Crippen LogP contribution in [0.15, 0.2) is 36.8 Å². The highest BCUT2D eigenvalue weighted by Crippen LogP contribution is 2.29. The molecule has 0 bridgehead atoms. The van der Waals surface area contributed by atoms with E-state index < -0.39 is 0 Å². The Morgan fingerprint density at radius 1 is 1.15 bits per heavy atom. The van der Waals surface area contributed by atoms with Crippen molar-refractivity contribution >= 4 is 11.6 Å². The summed E-state index contributed by atoms with van der Waals surface area (Å²) >= 11 is 0. The fourth-order valence-corrected chi connectivity index (χ4v) is 3.29. The van der Waals surface area contributed by atoms with Crippen molar-refractivity contribution in [3.05, 3.63) is 48.0 Å². The van der Waals surface area contributed by atoms with Gasteiger partial charge in [0.15, 0.2) is 0 Å². The van der Waals surface area contributed by atoms with Crippen molar-refractivity contribution in [3.8, 4) is 5.75 Å². The summed E-state index contributed by atoms with van der Waals surface area (Å²) in [5, 5.41) is 0. The molecule has 6 heteroatoms. The largest absolute Gasteiger partial charge is 0.492 e. The monoisotopic (exact) mass is 354 g/mol. The Balaban J connectivity index is 1.68. The van der Waals surface area contributed by atoms with E-state index in [1.54, 1.807) is 6.20 Å². The molecule has 6 nitrogen and oxygen atoms in total. The lowest BCUT2D eigenvalue weighted by atomic mass is 10.1. The summed E-state index contributed by atoms with van der Waals surface area (Å²) in [6.07, 6.45) is 4.92. The molecule has 0 N–H and O–H groups in total. The molecular formula is C20H26N4O2. The molecule has 0 unspecified atom stereocenters. The lowest BCUT2D eigenvalue weighted by molar-refractivity contribution is 0.0744. The number of benzene rings is 1. The fraction of sp³-hybridized carbons (Fsp3) is 0.450. The summed E-state index contributed by atoms with van der Waals surface area (Å²) in [6, 6.07) is 8.08. The second-order valence-electron chi connectivity index (χ2n) is 6.31. The van der Waals surface area contributed by atoms with Crippen LogP contribution in [0.2, 0.25) is 0 Å². The summed E-state index contributed by atoms with van der Waals surface area (Å²) in [5.41, 5.74) is 2.57. The first-order valence-corrected chi connectivity index (χ1v) is 9.29. The lowest BCUT2D eigenvalue weighted by Crippen LogP contribution is -2.49. The average molecular weight is 354 g/mol. The van der Waals surface area contributed by atoms with Crippen molar-refractivity contribution in [2.24, 2.45) is 0 Å². The zero-order chi connectivity index (χ0) is 18.4. The first-order chi connectivity index (χ1) is 12.7. The molecule has 0 aliphatic carbocycles. The lowest BCUT2D eigenvalue weighted by Gasteiger charge is -2.36. The van der Waals surface area contributed by atoms with Crippen LogP contribution in [0.4, 0.5) is 5.69 Å². The molecule has 0 spiro atoms. The number of hydrogen-bond donors (Lipinski definition) is 0. The smallest absolute Gasteiger partial charge is 0.257 e. The number of piperazine rings is 1. The summed E-state index contributed by atoms with van der Waals surface area (Å²) in [5.74, 6) is 0.934. The first kappa shape index (κ1) is 18.2. The van der Waals surface area contributed by atoms with E-state index in [0.717, 1.165) is 43.1 Å². The van der Waals surface area contributed by atoms with Crippen LogP contribution in [-0.4, -0.2) is 53.6 Å². The van der Waals surface area contributed by atoms with Gasteiger partial charge in [0, 0.05) is 32.4 Å².